The van der Waals surface area contributed by atoms with Crippen LogP contribution in [0.15, 0.2) is 12.1 Å². The minimum Gasteiger partial charge on any atom is -0.355 e. The molecule has 3 N–H and O–H groups in total. The third-order valence-electron chi connectivity index (χ3n) is 2.04. The maximum absolute atomic E-state index is 13.4. The molecule has 0 aromatic heterocycles. The Kier molecular flexibility index (Phi) is 5.85. The van der Waals surface area contributed by atoms with Crippen LogP contribution in [0.5, 0.6) is 0 Å². The van der Waals surface area contributed by atoms with Gasteiger partial charge in [0.1, 0.15) is 5.82 Å². The second kappa shape index (κ2) is 7.16. The Balaban J connectivity index is 2.48. The molecule has 8 heteroatoms. The van der Waals surface area contributed by atoms with Crippen molar-refractivity contribution >= 4 is 40.8 Å². The summed E-state index contributed by atoms with van der Waals surface area (Å²) in [5, 5.41) is 7.43. The normalized spacial score (nSPS) is 9.89. The third kappa shape index (κ3) is 5.32. The number of anilines is 1. The fourth-order valence-corrected chi connectivity index (χ4v) is 1.51. The van der Waals surface area contributed by atoms with Crippen molar-refractivity contribution in [1.82, 2.24) is 10.6 Å². The van der Waals surface area contributed by atoms with Gasteiger partial charge in [-0.25, -0.2) is 9.18 Å². The van der Waals surface area contributed by atoms with Crippen LogP contribution in [0, 0.1) is 5.82 Å². The summed E-state index contributed by atoms with van der Waals surface area (Å²) in [6.45, 7) is 1.87. The number of carbonyl (C=O) groups is 2. The lowest BCUT2D eigenvalue weighted by molar-refractivity contribution is -0.118. The molecule has 0 saturated heterocycles. The highest BCUT2D eigenvalue weighted by molar-refractivity contribution is 6.42. The average Bonchev–Trinajstić information content (AvgIpc) is 2.31. The predicted octanol–water partition coefficient (Wildman–Crippen LogP) is 2.39. The molecule has 0 saturated carbocycles. The summed E-state index contributed by atoms with van der Waals surface area (Å²) in [5.74, 6) is -0.885. The third-order valence-corrected chi connectivity index (χ3v) is 2.76. The monoisotopic (exact) mass is 307 g/mol. The van der Waals surface area contributed by atoms with Crippen LogP contribution in [-0.4, -0.2) is 25.0 Å². The smallest absolute Gasteiger partial charge is 0.319 e. The van der Waals surface area contributed by atoms with E-state index in [1.54, 1.807) is 0 Å². The van der Waals surface area contributed by atoms with Gasteiger partial charge in [0, 0.05) is 20.0 Å². The number of rotatable bonds is 4. The fraction of sp³-hybridized carbons (Fsp3) is 0.273. The Bertz CT molecular complexity index is 497. The Morgan fingerprint density at radius 3 is 2.37 bits per heavy atom. The van der Waals surface area contributed by atoms with Crippen molar-refractivity contribution in [3.63, 3.8) is 0 Å². The number of amides is 3. The zero-order valence-electron chi connectivity index (χ0n) is 10.0. The van der Waals surface area contributed by atoms with Crippen LogP contribution in [0.25, 0.3) is 0 Å². The van der Waals surface area contributed by atoms with Crippen molar-refractivity contribution < 1.29 is 14.0 Å². The van der Waals surface area contributed by atoms with Gasteiger partial charge in [-0.3, -0.25) is 4.79 Å². The molecular formula is C11H12Cl2FN3O2. The van der Waals surface area contributed by atoms with E-state index in [1.165, 1.54) is 13.0 Å². The van der Waals surface area contributed by atoms with Gasteiger partial charge in [-0.2, -0.15) is 0 Å². The highest BCUT2D eigenvalue weighted by Crippen LogP contribution is 2.27. The van der Waals surface area contributed by atoms with Crippen molar-refractivity contribution in [2.45, 2.75) is 6.92 Å². The first-order chi connectivity index (χ1) is 8.90. The molecule has 0 atom stereocenters. The van der Waals surface area contributed by atoms with E-state index in [9.17, 15) is 14.0 Å². The van der Waals surface area contributed by atoms with E-state index in [0.717, 1.165) is 6.07 Å². The summed E-state index contributed by atoms with van der Waals surface area (Å²) in [7, 11) is 0. The molecule has 0 aliphatic carbocycles. The molecular weight excluding hydrogens is 296 g/mol. The highest BCUT2D eigenvalue weighted by Gasteiger charge is 2.10. The number of urea groups is 1. The van der Waals surface area contributed by atoms with Crippen LogP contribution in [0.2, 0.25) is 10.0 Å². The van der Waals surface area contributed by atoms with Gasteiger partial charge in [0.2, 0.25) is 5.91 Å². The molecule has 19 heavy (non-hydrogen) atoms. The molecule has 0 radical (unpaired) electrons. The first-order valence-corrected chi connectivity index (χ1v) is 6.09. The maximum Gasteiger partial charge on any atom is 0.319 e. The van der Waals surface area contributed by atoms with Gasteiger partial charge in [0.15, 0.2) is 0 Å². The van der Waals surface area contributed by atoms with E-state index in [-0.39, 0.29) is 34.7 Å². The van der Waals surface area contributed by atoms with E-state index in [2.05, 4.69) is 16.0 Å². The summed E-state index contributed by atoms with van der Waals surface area (Å²) >= 11 is 11.3. The average molecular weight is 308 g/mol. The Morgan fingerprint density at radius 1 is 1.16 bits per heavy atom. The van der Waals surface area contributed by atoms with Gasteiger partial charge in [-0.05, 0) is 12.1 Å². The molecule has 104 valence electrons. The summed E-state index contributed by atoms with van der Waals surface area (Å²) in [5.41, 5.74) is -0.0774. The number of halogens is 3. The van der Waals surface area contributed by atoms with E-state index < -0.39 is 11.8 Å². The zero-order valence-corrected chi connectivity index (χ0v) is 11.5. The molecule has 0 aliphatic heterocycles. The summed E-state index contributed by atoms with van der Waals surface area (Å²) in [6, 6.07) is 1.62. The SMILES string of the molecule is CC(=O)NCCNC(=O)Nc1cc(Cl)c(Cl)cc1F. The lowest BCUT2D eigenvalue weighted by Gasteiger charge is -2.09. The second-order valence-electron chi connectivity index (χ2n) is 3.61. The Labute approximate surface area is 119 Å². The number of benzene rings is 1. The number of nitrogens with one attached hydrogen (secondary N) is 3. The molecule has 0 aliphatic rings. The van der Waals surface area contributed by atoms with Crippen LogP contribution >= 0.6 is 23.2 Å². The predicted molar refractivity (Wildman–Crippen MR) is 72.1 cm³/mol. The molecule has 0 fully saturated rings. The van der Waals surface area contributed by atoms with Gasteiger partial charge in [0.25, 0.3) is 0 Å². The molecule has 5 nitrogen and oxygen atoms in total. The van der Waals surface area contributed by atoms with E-state index in [1.807, 2.05) is 0 Å². The number of hydrogen-bond acceptors (Lipinski definition) is 2. The lowest BCUT2D eigenvalue weighted by atomic mass is 10.3. The molecule has 1 rings (SSSR count). The molecule has 0 spiro atoms. The summed E-state index contributed by atoms with van der Waals surface area (Å²) in [6.07, 6.45) is 0. The fourth-order valence-electron chi connectivity index (χ4n) is 1.20. The zero-order chi connectivity index (χ0) is 14.4. The van der Waals surface area contributed by atoms with Gasteiger partial charge < -0.3 is 16.0 Å². The van der Waals surface area contributed by atoms with Gasteiger partial charge in [-0.1, -0.05) is 23.2 Å². The van der Waals surface area contributed by atoms with Crippen molar-refractivity contribution in [3.05, 3.63) is 28.0 Å². The Morgan fingerprint density at radius 2 is 1.74 bits per heavy atom. The molecule has 1 aromatic carbocycles. The largest absolute Gasteiger partial charge is 0.355 e. The van der Waals surface area contributed by atoms with Crippen LogP contribution in [0.3, 0.4) is 0 Å². The molecule has 0 bridgehead atoms. The van der Waals surface area contributed by atoms with Gasteiger partial charge in [0.05, 0.1) is 15.7 Å². The minimum atomic E-state index is -0.689. The maximum atomic E-state index is 13.4. The first-order valence-electron chi connectivity index (χ1n) is 5.34. The number of carbonyl (C=O) groups excluding carboxylic acids is 2. The summed E-state index contributed by atoms with van der Waals surface area (Å²) < 4.78 is 13.4. The van der Waals surface area contributed by atoms with Crippen molar-refractivity contribution in [2.24, 2.45) is 0 Å². The van der Waals surface area contributed by atoms with Crippen LogP contribution < -0.4 is 16.0 Å². The van der Waals surface area contributed by atoms with E-state index in [0.29, 0.717) is 0 Å². The summed E-state index contributed by atoms with van der Waals surface area (Å²) in [4.78, 5) is 22.0. The van der Waals surface area contributed by atoms with Gasteiger partial charge in [-0.15, -0.1) is 0 Å². The van der Waals surface area contributed by atoms with Gasteiger partial charge >= 0.3 is 6.03 Å². The second-order valence-corrected chi connectivity index (χ2v) is 4.42. The quantitative estimate of drug-likeness (QED) is 0.590. The highest BCUT2D eigenvalue weighted by atomic mass is 35.5. The standard InChI is InChI=1S/C11H12Cl2FN3O2/c1-6(18)15-2-3-16-11(19)17-10-5-8(13)7(12)4-9(10)14/h4-5H,2-3H2,1H3,(H,15,18)(H2,16,17,19). The minimum absolute atomic E-state index is 0.0655. The molecule has 0 heterocycles. The lowest BCUT2D eigenvalue weighted by Crippen LogP contribution is -2.36. The van der Waals surface area contributed by atoms with Crippen LogP contribution in [0.1, 0.15) is 6.92 Å². The van der Waals surface area contributed by atoms with E-state index >= 15 is 0 Å². The molecule has 3 amide bonds. The topological polar surface area (TPSA) is 70.2 Å². The molecule has 1 aromatic rings. The van der Waals surface area contributed by atoms with Crippen molar-refractivity contribution in [1.29, 1.82) is 0 Å². The van der Waals surface area contributed by atoms with Crippen LogP contribution in [0.4, 0.5) is 14.9 Å². The Hall–Kier alpha value is -1.53. The first kappa shape index (κ1) is 15.5. The number of hydrogen-bond donors (Lipinski definition) is 3. The van der Waals surface area contributed by atoms with Crippen molar-refractivity contribution in [3.8, 4) is 0 Å². The van der Waals surface area contributed by atoms with E-state index in [4.69, 9.17) is 23.2 Å². The van der Waals surface area contributed by atoms with Crippen molar-refractivity contribution in [2.75, 3.05) is 18.4 Å². The van der Waals surface area contributed by atoms with Crippen LogP contribution in [-0.2, 0) is 4.79 Å². The molecule has 0 unspecified atom stereocenters.